The summed E-state index contributed by atoms with van der Waals surface area (Å²) >= 11 is 1.54. The van der Waals surface area contributed by atoms with E-state index >= 15 is 0 Å². The Balaban J connectivity index is 1.70. The van der Waals surface area contributed by atoms with Crippen LogP contribution in [0.15, 0.2) is 36.0 Å². The van der Waals surface area contributed by atoms with Crippen LogP contribution in [0.2, 0.25) is 0 Å². The van der Waals surface area contributed by atoms with Crippen molar-refractivity contribution < 1.29 is 4.79 Å². The molecule has 92 valence electrons. The van der Waals surface area contributed by atoms with Gasteiger partial charge in [-0.3, -0.25) is 9.78 Å². The van der Waals surface area contributed by atoms with E-state index in [4.69, 9.17) is 0 Å². The number of ketones is 1. The third kappa shape index (κ3) is 2.35. The number of fused-ring (bicyclic) bond motifs is 1. The second-order valence-electron chi connectivity index (χ2n) is 4.52. The van der Waals surface area contributed by atoms with Crippen LogP contribution in [0, 0.1) is 0 Å². The second-order valence-corrected chi connectivity index (χ2v) is 5.49. The smallest absolute Gasteiger partial charge is 0.155 e. The Bertz CT molecular complexity index is 551. The number of aromatic nitrogens is 1. The predicted molar refractivity (Wildman–Crippen MR) is 71.6 cm³/mol. The Morgan fingerprint density at radius 3 is 3.00 bits per heavy atom. The maximum absolute atomic E-state index is 12.2. The molecular weight excluding hydrogens is 244 g/mol. The molecule has 0 saturated carbocycles. The first-order chi connectivity index (χ1) is 8.83. The lowest BCUT2D eigenvalue weighted by Crippen LogP contribution is -2.42. The summed E-state index contributed by atoms with van der Waals surface area (Å²) in [5.41, 5.74) is 4.37. The number of hydrogen-bond donors (Lipinski definition) is 1. The molecular formula is C14H14N2OS. The van der Waals surface area contributed by atoms with Crippen LogP contribution in [0.25, 0.3) is 0 Å². The number of nitrogens with one attached hydrogen (secondary N) is 1. The normalized spacial score (nSPS) is 18.3. The Hall–Kier alpha value is -1.52. The lowest BCUT2D eigenvalue weighted by Gasteiger charge is -2.24. The fraction of sp³-hybridized carbons (Fsp3) is 0.286. The summed E-state index contributed by atoms with van der Waals surface area (Å²) < 4.78 is 0. The zero-order valence-corrected chi connectivity index (χ0v) is 10.7. The highest BCUT2D eigenvalue weighted by Gasteiger charge is 2.23. The van der Waals surface area contributed by atoms with Crippen LogP contribution in [0.1, 0.15) is 16.0 Å². The molecule has 18 heavy (non-hydrogen) atoms. The van der Waals surface area contributed by atoms with E-state index in [1.807, 2.05) is 12.1 Å². The quantitative estimate of drug-likeness (QED) is 0.915. The van der Waals surface area contributed by atoms with Gasteiger partial charge in [-0.15, -0.1) is 11.3 Å². The molecule has 0 spiro atoms. The number of Topliss-reactive ketones (excluding diaryl/α,β-unsaturated/α-hetero) is 1. The van der Waals surface area contributed by atoms with Gasteiger partial charge in [0.15, 0.2) is 5.78 Å². The van der Waals surface area contributed by atoms with Gasteiger partial charge in [0.25, 0.3) is 0 Å². The SMILES string of the molecule is O=C(Cc1cncs1)C1Cc2ccccc2CN1. The first-order valence-corrected chi connectivity index (χ1v) is 6.91. The van der Waals surface area contributed by atoms with Gasteiger partial charge in [0.2, 0.25) is 0 Å². The molecule has 3 rings (SSSR count). The van der Waals surface area contributed by atoms with Gasteiger partial charge in [0, 0.05) is 24.0 Å². The molecule has 0 bridgehead atoms. The van der Waals surface area contributed by atoms with Gasteiger partial charge in [0.1, 0.15) is 0 Å². The summed E-state index contributed by atoms with van der Waals surface area (Å²) in [6.07, 6.45) is 3.07. The fourth-order valence-electron chi connectivity index (χ4n) is 2.31. The van der Waals surface area contributed by atoms with Crippen LogP contribution >= 0.6 is 11.3 Å². The average molecular weight is 258 g/mol. The molecule has 1 aromatic heterocycles. The van der Waals surface area contributed by atoms with Crippen LogP contribution in [0.3, 0.4) is 0 Å². The number of benzene rings is 1. The van der Waals surface area contributed by atoms with Crippen molar-refractivity contribution in [3.63, 3.8) is 0 Å². The fourth-order valence-corrected chi connectivity index (χ4v) is 2.91. The summed E-state index contributed by atoms with van der Waals surface area (Å²) in [6, 6.07) is 8.26. The van der Waals surface area contributed by atoms with Crippen LogP contribution in [0.5, 0.6) is 0 Å². The molecule has 0 fully saturated rings. The minimum Gasteiger partial charge on any atom is -0.303 e. The van der Waals surface area contributed by atoms with Crippen molar-refractivity contribution in [2.75, 3.05) is 0 Å². The molecule has 1 N–H and O–H groups in total. The van der Waals surface area contributed by atoms with Crippen molar-refractivity contribution in [2.45, 2.75) is 25.4 Å². The Kier molecular flexibility index (Phi) is 3.21. The number of nitrogens with zero attached hydrogens (tertiary/aromatic N) is 1. The molecule has 1 unspecified atom stereocenters. The van der Waals surface area contributed by atoms with Crippen LogP contribution in [-0.2, 0) is 24.2 Å². The van der Waals surface area contributed by atoms with E-state index in [2.05, 4.69) is 22.4 Å². The number of thiazole rings is 1. The van der Waals surface area contributed by atoms with Crippen molar-refractivity contribution in [1.82, 2.24) is 10.3 Å². The minimum absolute atomic E-state index is 0.0537. The molecule has 0 aliphatic carbocycles. The number of hydrogen-bond acceptors (Lipinski definition) is 4. The number of rotatable bonds is 3. The second kappa shape index (κ2) is 5.00. The minimum atomic E-state index is -0.0537. The van der Waals surface area contributed by atoms with Gasteiger partial charge in [-0.1, -0.05) is 24.3 Å². The third-order valence-electron chi connectivity index (χ3n) is 3.30. The highest BCUT2D eigenvalue weighted by molar-refractivity contribution is 7.09. The van der Waals surface area contributed by atoms with Crippen molar-refractivity contribution in [3.8, 4) is 0 Å². The van der Waals surface area contributed by atoms with Crippen LogP contribution in [0.4, 0.5) is 0 Å². The monoisotopic (exact) mass is 258 g/mol. The van der Waals surface area contributed by atoms with Gasteiger partial charge >= 0.3 is 0 Å². The van der Waals surface area contributed by atoms with E-state index in [-0.39, 0.29) is 11.8 Å². The summed E-state index contributed by atoms with van der Waals surface area (Å²) in [5.74, 6) is 0.258. The van der Waals surface area contributed by atoms with Crippen LogP contribution < -0.4 is 5.32 Å². The Morgan fingerprint density at radius 2 is 2.22 bits per heavy atom. The highest BCUT2D eigenvalue weighted by Crippen LogP contribution is 2.18. The number of carbonyl (C=O) groups is 1. The molecule has 0 amide bonds. The van der Waals surface area contributed by atoms with E-state index in [0.29, 0.717) is 6.42 Å². The van der Waals surface area contributed by atoms with Gasteiger partial charge in [0.05, 0.1) is 11.6 Å². The zero-order valence-electron chi connectivity index (χ0n) is 9.93. The summed E-state index contributed by atoms with van der Waals surface area (Å²) in [7, 11) is 0. The Morgan fingerprint density at radius 1 is 1.39 bits per heavy atom. The highest BCUT2D eigenvalue weighted by atomic mass is 32.1. The van der Waals surface area contributed by atoms with E-state index in [9.17, 15) is 4.79 Å². The zero-order chi connectivity index (χ0) is 12.4. The van der Waals surface area contributed by atoms with Crippen molar-refractivity contribution in [2.24, 2.45) is 0 Å². The topological polar surface area (TPSA) is 42.0 Å². The van der Waals surface area contributed by atoms with E-state index in [1.165, 1.54) is 11.1 Å². The summed E-state index contributed by atoms with van der Waals surface area (Å²) in [4.78, 5) is 17.2. The molecule has 3 nitrogen and oxygen atoms in total. The summed E-state index contributed by atoms with van der Waals surface area (Å²) in [5, 5.41) is 3.32. The van der Waals surface area contributed by atoms with E-state index in [1.54, 1.807) is 23.0 Å². The number of carbonyl (C=O) groups excluding carboxylic acids is 1. The van der Waals surface area contributed by atoms with Crippen molar-refractivity contribution in [1.29, 1.82) is 0 Å². The molecule has 2 aromatic rings. The largest absolute Gasteiger partial charge is 0.303 e. The van der Waals surface area contributed by atoms with Gasteiger partial charge in [-0.05, 0) is 17.5 Å². The molecule has 2 heterocycles. The van der Waals surface area contributed by atoms with E-state index in [0.717, 1.165) is 17.8 Å². The van der Waals surface area contributed by atoms with Gasteiger partial charge in [-0.2, -0.15) is 0 Å². The maximum atomic E-state index is 12.2. The molecule has 4 heteroatoms. The molecule has 1 atom stereocenters. The molecule has 1 aliphatic heterocycles. The van der Waals surface area contributed by atoms with E-state index < -0.39 is 0 Å². The van der Waals surface area contributed by atoms with Gasteiger partial charge in [-0.25, -0.2) is 0 Å². The van der Waals surface area contributed by atoms with Crippen molar-refractivity contribution >= 4 is 17.1 Å². The van der Waals surface area contributed by atoms with Crippen molar-refractivity contribution in [3.05, 3.63) is 52.0 Å². The van der Waals surface area contributed by atoms with Gasteiger partial charge < -0.3 is 5.32 Å². The molecule has 0 saturated heterocycles. The molecule has 1 aromatic carbocycles. The first-order valence-electron chi connectivity index (χ1n) is 6.03. The molecule has 1 aliphatic rings. The first kappa shape index (κ1) is 11.6. The molecule has 0 radical (unpaired) electrons. The lowest BCUT2D eigenvalue weighted by atomic mass is 9.93. The maximum Gasteiger partial charge on any atom is 0.155 e. The van der Waals surface area contributed by atoms with Crippen LogP contribution in [-0.4, -0.2) is 16.8 Å². The Labute approximate surface area is 110 Å². The predicted octanol–water partition coefficient (Wildman–Crippen LogP) is 1.97. The summed E-state index contributed by atoms with van der Waals surface area (Å²) in [6.45, 7) is 0.787. The third-order valence-corrected chi connectivity index (χ3v) is 4.08. The standard InChI is InChI=1S/C14H14N2OS/c17-14(6-12-8-15-9-18-12)13-5-10-3-1-2-4-11(10)7-16-13/h1-4,8-9,13,16H,5-7H2. The lowest BCUT2D eigenvalue weighted by molar-refractivity contribution is -0.120. The average Bonchev–Trinajstić information content (AvgIpc) is 2.91.